The Morgan fingerprint density at radius 3 is 1.28 bits per heavy atom. The molecule has 0 aliphatic carbocycles. The minimum absolute atomic E-state index is 0.0474. The smallest absolute Gasteiger partial charge is 0.306 e. The maximum Gasteiger partial charge on any atom is 0.306 e. The Labute approximate surface area is 426 Å². The van der Waals surface area contributed by atoms with E-state index in [0.29, 0.717) is 42.8 Å². The average molecular weight is 982 g/mol. The zero-order valence-electron chi connectivity index (χ0n) is 40.3. The van der Waals surface area contributed by atoms with Crippen molar-refractivity contribution in [1.29, 1.82) is 0 Å². The topological polar surface area (TPSA) is 197 Å². The Morgan fingerprint density at radius 1 is 0.432 bits per heavy atom. The molecule has 0 saturated carbocycles. The molecule has 0 spiro atoms. The summed E-state index contributed by atoms with van der Waals surface area (Å²) in [5.41, 5.74) is 16.5. The lowest BCUT2D eigenvalue weighted by atomic mass is 9.94. The van der Waals surface area contributed by atoms with Crippen molar-refractivity contribution in [3.05, 3.63) is 174 Å². The Kier molecular flexibility index (Phi) is 14.4. The fourth-order valence-electron chi connectivity index (χ4n) is 9.57. The van der Waals surface area contributed by atoms with E-state index >= 15 is 0 Å². The molecule has 4 aromatic carbocycles. The lowest BCUT2D eigenvalue weighted by Gasteiger charge is -2.14. The van der Waals surface area contributed by atoms with Crippen molar-refractivity contribution in [2.45, 2.75) is 51.4 Å². The fraction of sp³-hybridized carbons (Fsp3) is 0.164. The molecule has 0 unspecified atom stereocenters. The molecule has 13 heteroatoms. The van der Waals surface area contributed by atoms with Gasteiger partial charge < -0.3 is 29.7 Å². The van der Waals surface area contributed by atoms with Crippen molar-refractivity contribution in [2.24, 2.45) is 0 Å². The van der Waals surface area contributed by atoms with Crippen molar-refractivity contribution in [3.63, 3.8) is 0 Å². The summed E-state index contributed by atoms with van der Waals surface area (Å²) in [4.78, 5) is 71.7. The molecule has 0 saturated heterocycles. The summed E-state index contributed by atoms with van der Waals surface area (Å²) in [5, 5.41) is 18.3. The second-order valence-corrected chi connectivity index (χ2v) is 18.0. The molecule has 0 amide bonds. The second kappa shape index (κ2) is 22.0. The van der Waals surface area contributed by atoms with E-state index in [9.17, 15) is 19.2 Å². The molecule has 8 bridgehead atoms. The number of fused-ring (bicyclic) bond motifs is 11. The number of hydrogen-bond acceptors (Lipinski definition) is 9. The highest BCUT2D eigenvalue weighted by Gasteiger charge is 2.29. The van der Waals surface area contributed by atoms with Crippen LogP contribution in [0.25, 0.3) is 101 Å². The molecule has 2 aliphatic heterocycles. The van der Waals surface area contributed by atoms with Gasteiger partial charge in [0, 0.05) is 55.6 Å². The molecule has 6 heterocycles. The number of aliphatic carboxylic acids is 2. The van der Waals surface area contributed by atoms with Crippen LogP contribution >= 0.6 is 0 Å². The van der Waals surface area contributed by atoms with Crippen LogP contribution in [0.3, 0.4) is 0 Å². The first kappa shape index (κ1) is 48.4. The van der Waals surface area contributed by atoms with Crippen LogP contribution in [-0.4, -0.2) is 72.2 Å². The highest BCUT2D eigenvalue weighted by Crippen LogP contribution is 2.47. The first-order valence-corrected chi connectivity index (χ1v) is 24.7. The number of ether oxygens (including phenoxy) is 2. The van der Waals surface area contributed by atoms with Gasteiger partial charge in [-0.25, -0.2) is 9.97 Å². The van der Waals surface area contributed by atoms with Crippen molar-refractivity contribution in [2.75, 3.05) is 13.2 Å². The summed E-state index contributed by atoms with van der Waals surface area (Å²) in [5.74, 6) is -3.34. The van der Waals surface area contributed by atoms with Crippen LogP contribution in [0.15, 0.2) is 152 Å². The fourth-order valence-corrected chi connectivity index (χ4v) is 9.57. The number of aromatic amines is 2. The molecule has 0 fully saturated rings. The van der Waals surface area contributed by atoms with Gasteiger partial charge in [0.1, 0.15) is 0 Å². The highest BCUT2D eigenvalue weighted by atomic mass is 16.5. The summed E-state index contributed by atoms with van der Waals surface area (Å²) < 4.78 is 11.0. The molecule has 10 rings (SSSR count). The van der Waals surface area contributed by atoms with E-state index in [2.05, 4.69) is 101 Å². The molecular formula is C61H51N5O8. The molecule has 74 heavy (non-hydrogen) atoms. The van der Waals surface area contributed by atoms with E-state index in [4.69, 9.17) is 34.6 Å². The van der Waals surface area contributed by atoms with Gasteiger partial charge in [-0.2, -0.15) is 0 Å². The van der Waals surface area contributed by atoms with Gasteiger partial charge in [0.15, 0.2) is 0 Å². The summed E-state index contributed by atoms with van der Waals surface area (Å²) in [6, 6.07) is 51.2. The number of rotatable bonds is 18. The number of esters is 2. The van der Waals surface area contributed by atoms with Gasteiger partial charge in [0.25, 0.3) is 0 Å². The Balaban J connectivity index is 1.26. The third kappa shape index (κ3) is 10.7. The number of hydrogen-bond donors (Lipinski definition) is 4. The number of carboxylic acids is 2. The van der Waals surface area contributed by atoms with E-state index < -0.39 is 23.9 Å². The maximum atomic E-state index is 12.5. The average Bonchev–Trinajstić information content (AvgIpc) is 4.26. The van der Waals surface area contributed by atoms with Gasteiger partial charge >= 0.3 is 23.9 Å². The summed E-state index contributed by atoms with van der Waals surface area (Å²) in [6.45, 7) is 0.107. The zero-order valence-corrected chi connectivity index (χ0v) is 40.3. The molecule has 0 radical (unpaired) electrons. The maximum absolute atomic E-state index is 12.5. The molecule has 13 nitrogen and oxygen atoms in total. The molecule has 368 valence electrons. The molecule has 4 N–H and O–H groups in total. The first-order chi connectivity index (χ1) is 36.2. The van der Waals surface area contributed by atoms with Crippen LogP contribution in [0, 0.1) is 0 Å². The predicted molar refractivity (Wildman–Crippen MR) is 286 cm³/mol. The van der Waals surface area contributed by atoms with E-state index in [1.807, 2.05) is 72.8 Å². The number of nitrogens with one attached hydrogen (secondary N) is 2. The number of H-pyrrole nitrogens is 2. The van der Waals surface area contributed by atoms with Gasteiger partial charge in [-0.1, -0.05) is 121 Å². The Hall–Kier alpha value is -9.23. The van der Waals surface area contributed by atoms with Gasteiger partial charge in [-0.15, -0.1) is 0 Å². The van der Waals surface area contributed by atoms with Crippen LogP contribution in [0.2, 0.25) is 0 Å². The zero-order chi connectivity index (χ0) is 51.0. The standard InChI is InChI=1S/C61H51N5O8/c67-51(68)31-33-53(71)73-35-13-23-42-37-43-59-57(40-19-9-3-10-20-40)49-29-27-47(63-49)55(38-15-5-1-6-16-38)45-25-26-46(62-45)56(39-17-7-2-8-18-39)48-28-30-50(64-48)58(41-21-11-4-12-22-41)61(66-59)60(43)65-44(42)24-14-36-74-54(72)34-32-52(69)70/h1-12,15-22,25-30,37,63-64H,13-14,23-24,31-36H2,(H,67,68)(H,69,70). The third-order valence-corrected chi connectivity index (χ3v) is 13.0. The summed E-state index contributed by atoms with van der Waals surface area (Å²) >= 11 is 0. The largest absolute Gasteiger partial charge is 0.481 e. The number of aryl methyl sites for hydroxylation is 2. The van der Waals surface area contributed by atoms with Crippen LogP contribution in [0.1, 0.15) is 61.2 Å². The van der Waals surface area contributed by atoms with Crippen LogP contribution < -0.4 is 0 Å². The SMILES string of the molecule is O=C(O)CCC(=O)OCCCc1cc2c(nc1CCCOC(=O)CCC(=O)O)-c1nc-2c(-c2ccccc2)c2ccc([nH]2)c(-c2ccccc2)c2nc(c(-c3ccccc3)c3ccc([nH]3)c1-c1ccccc1)C=C2. The first-order valence-electron chi connectivity index (χ1n) is 24.7. The molecule has 0 atom stereocenters. The monoisotopic (exact) mass is 981 g/mol. The Bertz CT molecular complexity index is 3380. The minimum atomic E-state index is -1.08. The van der Waals surface area contributed by atoms with Gasteiger partial charge in [0.05, 0.1) is 67.4 Å². The summed E-state index contributed by atoms with van der Waals surface area (Å²) in [6.07, 6.45) is 4.68. The quantitative estimate of drug-likeness (QED) is 0.0471. The summed E-state index contributed by atoms with van der Waals surface area (Å²) in [7, 11) is 0. The number of aromatic nitrogens is 5. The molecule has 2 aliphatic rings. The number of carboxylic acid groups (broad SMARTS) is 2. The van der Waals surface area contributed by atoms with Crippen molar-refractivity contribution in [1.82, 2.24) is 24.9 Å². The third-order valence-electron chi connectivity index (χ3n) is 13.0. The minimum Gasteiger partial charge on any atom is -0.481 e. The molecule has 4 aromatic heterocycles. The van der Waals surface area contributed by atoms with Crippen LogP contribution in [0.4, 0.5) is 0 Å². The Morgan fingerprint density at radius 2 is 0.838 bits per heavy atom. The number of carbonyl (C=O) groups excluding carboxylic acids is 2. The van der Waals surface area contributed by atoms with Crippen LogP contribution in [-0.2, 0) is 41.5 Å². The lowest BCUT2D eigenvalue weighted by molar-refractivity contribution is -0.147. The van der Waals surface area contributed by atoms with Crippen molar-refractivity contribution in [3.8, 4) is 67.2 Å². The second-order valence-electron chi connectivity index (χ2n) is 18.0. The van der Waals surface area contributed by atoms with Crippen LogP contribution in [0.5, 0.6) is 0 Å². The van der Waals surface area contributed by atoms with Crippen molar-refractivity contribution >= 4 is 58.1 Å². The molecule has 8 aromatic rings. The normalized spacial score (nSPS) is 11.5. The predicted octanol–water partition coefficient (Wildman–Crippen LogP) is 12.6. The molecular weight excluding hydrogens is 931 g/mol. The number of nitrogens with zero attached hydrogens (tertiary/aromatic N) is 3. The van der Waals surface area contributed by atoms with E-state index in [0.717, 1.165) is 94.8 Å². The number of carbonyl (C=O) groups is 4. The number of benzene rings is 4. The lowest BCUT2D eigenvalue weighted by Crippen LogP contribution is -2.11. The van der Waals surface area contributed by atoms with Gasteiger partial charge in [0.2, 0.25) is 0 Å². The van der Waals surface area contributed by atoms with E-state index in [1.54, 1.807) is 0 Å². The highest BCUT2D eigenvalue weighted by molar-refractivity contribution is 6.04. The van der Waals surface area contributed by atoms with E-state index in [-0.39, 0.29) is 38.9 Å². The van der Waals surface area contributed by atoms with Gasteiger partial charge in [-0.3, -0.25) is 24.2 Å². The number of pyridine rings is 1. The van der Waals surface area contributed by atoms with Crippen molar-refractivity contribution < 1.29 is 38.9 Å². The van der Waals surface area contributed by atoms with Gasteiger partial charge in [-0.05, 0) is 96.0 Å². The van der Waals surface area contributed by atoms with E-state index in [1.165, 1.54) is 0 Å².